The fraction of sp³-hybridized carbons (Fsp3) is 0.100. The van der Waals surface area contributed by atoms with Crippen molar-refractivity contribution in [3.05, 3.63) is 77.4 Å². The Labute approximate surface area is 144 Å². The Hall–Kier alpha value is -2.77. The molecule has 0 bridgehead atoms. The van der Waals surface area contributed by atoms with Crippen LogP contribution in [-0.4, -0.2) is 13.1 Å². The zero-order valence-corrected chi connectivity index (χ0v) is 14.0. The van der Waals surface area contributed by atoms with E-state index in [4.69, 9.17) is 10.00 Å². The lowest BCUT2D eigenvalue weighted by atomic mass is 10.0. The van der Waals surface area contributed by atoms with Gasteiger partial charge in [0.05, 0.1) is 24.3 Å². The monoisotopic (exact) mass is 333 g/mol. The highest BCUT2D eigenvalue weighted by molar-refractivity contribution is 7.98. The number of carbonyl (C=O) groups excluding carboxylic acids is 1. The molecule has 4 heteroatoms. The lowest BCUT2D eigenvalue weighted by Crippen LogP contribution is -2.01. The first kappa shape index (κ1) is 16.1. The van der Waals surface area contributed by atoms with Crippen LogP contribution in [0.2, 0.25) is 0 Å². The highest BCUT2D eigenvalue weighted by Crippen LogP contribution is 2.32. The molecule has 118 valence electrons. The minimum atomic E-state index is -0.358. The summed E-state index contributed by atoms with van der Waals surface area (Å²) in [6, 6.07) is 21.4. The molecule has 0 saturated heterocycles. The van der Waals surface area contributed by atoms with Crippen molar-refractivity contribution < 1.29 is 9.53 Å². The molecule has 0 saturated carbocycles. The first-order valence-corrected chi connectivity index (χ1v) is 8.43. The molecule has 3 aromatic carbocycles. The third-order valence-electron chi connectivity index (χ3n) is 3.70. The van der Waals surface area contributed by atoms with Gasteiger partial charge in [0.15, 0.2) is 0 Å². The topological polar surface area (TPSA) is 50.1 Å². The number of hydrogen-bond donors (Lipinski definition) is 0. The lowest BCUT2D eigenvalue weighted by molar-refractivity contribution is 0.0600. The van der Waals surface area contributed by atoms with Crippen LogP contribution in [0.25, 0.3) is 10.8 Å². The number of ether oxygens (including phenoxy) is 1. The first-order valence-electron chi connectivity index (χ1n) is 7.44. The summed E-state index contributed by atoms with van der Waals surface area (Å²) in [5.74, 6) is 0.431. The van der Waals surface area contributed by atoms with Crippen molar-refractivity contribution in [3.63, 3.8) is 0 Å². The number of methoxy groups -OCH3 is 1. The van der Waals surface area contributed by atoms with Gasteiger partial charge in [-0.15, -0.1) is 11.8 Å². The highest BCUT2D eigenvalue weighted by Gasteiger charge is 2.12. The Morgan fingerprint density at radius 1 is 1.12 bits per heavy atom. The predicted molar refractivity (Wildman–Crippen MR) is 96.0 cm³/mol. The van der Waals surface area contributed by atoms with Crippen molar-refractivity contribution in [3.8, 4) is 6.07 Å². The van der Waals surface area contributed by atoms with Gasteiger partial charge in [-0.3, -0.25) is 0 Å². The summed E-state index contributed by atoms with van der Waals surface area (Å²) in [5.41, 5.74) is 2.33. The molecule has 0 unspecified atom stereocenters. The number of fused-ring (bicyclic) bond motifs is 1. The minimum Gasteiger partial charge on any atom is -0.465 e. The van der Waals surface area contributed by atoms with E-state index in [1.54, 1.807) is 23.9 Å². The molecule has 0 aliphatic rings. The van der Waals surface area contributed by atoms with Crippen LogP contribution in [0.5, 0.6) is 0 Å². The van der Waals surface area contributed by atoms with E-state index in [0.29, 0.717) is 11.1 Å². The van der Waals surface area contributed by atoms with Crippen molar-refractivity contribution in [2.24, 2.45) is 0 Å². The van der Waals surface area contributed by atoms with E-state index in [0.717, 1.165) is 21.4 Å². The van der Waals surface area contributed by atoms with E-state index in [1.807, 2.05) is 36.4 Å². The van der Waals surface area contributed by atoms with Gasteiger partial charge in [-0.25, -0.2) is 4.79 Å². The lowest BCUT2D eigenvalue weighted by Gasteiger charge is -2.10. The van der Waals surface area contributed by atoms with E-state index in [2.05, 4.69) is 18.2 Å². The molecule has 0 heterocycles. The van der Waals surface area contributed by atoms with Crippen molar-refractivity contribution in [1.29, 1.82) is 5.26 Å². The van der Waals surface area contributed by atoms with Gasteiger partial charge in [0.1, 0.15) is 0 Å². The van der Waals surface area contributed by atoms with Gasteiger partial charge in [-0.1, -0.05) is 36.4 Å². The second kappa shape index (κ2) is 7.20. The van der Waals surface area contributed by atoms with E-state index in [-0.39, 0.29) is 5.97 Å². The summed E-state index contributed by atoms with van der Waals surface area (Å²) < 4.78 is 4.85. The summed E-state index contributed by atoms with van der Waals surface area (Å²) in [6.07, 6.45) is 0. The molecule has 24 heavy (non-hydrogen) atoms. The van der Waals surface area contributed by atoms with Gasteiger partial charge in [-0.05, 0) is 40.6 Å². The van der Waals surface area contributed by atoms with Crippen LogP contribution in [0.4, 0.5) is 0 Å². The number of nitrogens with zero attached hydrogens (tertiary/aromatic N) is 1. The van der Waals surface area contributed by atoms with Crippen LogP contribution in [0, 0.1) is 11.3 Å². The van der Waals surface area contributed by atoms with Crippen molar-refractivity contribution in [2.75, 3.05) is 7.11 Å². The molecule has 0 N–H and O–H groups in total. The molecule has 0 aromatic heterocycles. The fourth-order valence-corrected chi connectivity index (χ4v) is 3.54. The minimum absolute atomic E-state index is 0.358. The smallest absolute Gasteiger partial charge is 0.337 e. The van der Waals surface area contributed by atoms with Crippen LogP contribution < -0.4 is 0 Å². The standard InChI is InChI=1S/C20H15NO2S/c1-23-20(22)17-10-16-8-7-15(12-21)9-18(16)19(11-17)24-13-14-5-3-2-4-6-14/h2-11H,13H2,1H3. The molecular formula is C20H15NO2S. The van der Waals surface area contributed by atoms with Crippen LogP contribution >= 0.6 is 11.8 Å². The van der Waals surface area contributed by atoms with E-state index in [1.165, 1.54) is 12.7 Å². The quantitative estimate of drug-likeness (QED) is 0.509. The number of carbonyl (C=O) groups is 1. The molecule has 0 spiro atoms. The molecule has 3 aromatic rings. The predicted octanol–water partition coefficient (Wildman–Crippen LogP) is 4.79. The number of benzene rings is 3. The molecule has 0 radical (unpaired) electrons. The Kier molecular flexibility index (Phi) is 4.83. The number of nitriles is 1. The van der Waals surface area contributed by atoms with Crippen molar-refractivity contribution >= 4 is 28.5 Å². The van der Waals surface area contributed by atoms with Crippen LogP contribution in [-0.2, 0) is 10.5 Å². The number of esters is 1. The molecule has 0 atom stereocenters. The molecule has 0 aliphatic heterocycles. The van der Waals surface area contributed by atoms with Gasteiger partial charge in [0, 0.05) is 10.6 Å². The zero-order chi connectivity index (χ0) is 16.9. The maximum Gasteiger partial charge on any atom is 0.337 e. The van der Waals surface area contributed by atoms with E-state index >= 15 is 0 Å². The summed E-state index contributed by atoms with van der Waals surface area (Å²) in [4.78, 5) is 12.9. The molecular weight excluding hydrogens is 318 g/mol. The van der Waals surface area contributed by atoms with Gasteiger partial charge in [-0.2, -0.15) is 5.26 Å². The van der Waals surface area contributed by atoms with Crippen molar-refractivity contribution in [1.82, 2.24) is 0 Å². The molecule has 3 nitrogen and oxygen atoms in total. The number of hydrogen-bond acceptors (Lipinski definition) is 4. The van der Waals surface area contributed by atoms with Crippen LogP contribution in [0.3, 0.4) is 0 Å². The number of thioether (sulfide) groups is 1. The third kappa shape index (κ3) is 3.42. The van der Waals surface area contributed by atoms with Gasteiger partial charge in [0.25, 0.3) is 0 Å². The molecule has 3 rings (SSSR count). The molecule has 0 amide bonds. The fourth-order valence-electron chi connectivity index (χ4n) is 2.48. The summed E-state index contributed by atoms with van der Waals surface area (Å²) in [7, 11) is 1.38. The van der Waals surface area contributed by atoms with E-state index in [9.17, 15) is 4.79 Å². The maximum absolute atomic E-state index is 11.9. The maximum atomic E-state index is 11.9. The Bertz CT molecular complexity index is 930. The summed E-state index contributed by atoms with van der Waals surface area (Å²) in [6.45, 7) is 0. The normalized spacial score (nSPS) is 10.3. The van der Waals surface area contributed by atoms with Crippen LogP contribution in [0.15, 0.2) is 65.6 Å². The summed E-state index contributed by atoms with van der Waals surface area (Å²) in [5, 5.41) is 11.0. The van der Waals surface area contributed by atoms with Crippen LogP contribution in [0.1, 0.15) is 21.5 Å². The summed E-state index contributed by atoms with van der Waals surface area (Å²) >= 11 is 1.65. The van der Waals surface area contributed by atoms with Gasteiger partial charge in [0.2, 0.25) is 0 Å². The highest BCUT2D eigenvalue weighted by atomic mass is 32.2. The van der Waals surface area contributed by atoms with Gasteiger partial charge < -0.3 is 4.74 Å². The SMILES string of the molecule is COC(=O)c1cc(SCc2ccccc2)c2cc(C#N)ccc2c1. The number of rotatable bonds is 4. The average molecular weight is 333 g/mol. The average Bonchev–Trinajstić information content (AvgIpc) is 2.65. The molecule has 0 fully saturated rings. The molecule has 0 aliphatic carbocycles. The third-order valence-corrected chi connectivity index (χ3v) is 4.83. The van der Waals surface area contributed by atoms with Gasteiger partial charge >= 0.3 is 5.97 Å². The second-order valence-corrected chi connectivity index (χ2v) is 6.31. The Morgan fingerprint density at radius 2 is 1.92 bits per heavy atom. The Morgan fingerprint density at radius 3 is 2.62 bits per heavy atom. The van der Waals surface area contributed by atoms with Crippen molar-refractivity contribution in [2.45, 2.75) is 10.6 Å². The largest absolute Gasteiger partial charge is 0.465 e. The zero-order valence-electron chi connectivity index (χ0n) is 13.2. The van der Waals surface area contributed by atoms with E-state index < -0.39 is 0 Å². The Balaban J connectivity index is 2.04. The first-order chi connectivity index (χ1) is 11.7. The second-order valence-electron chi connectivity index (χ2n) is 5.29.